The van der Waals surface area contributed by atoms with Crippen LogP contribution in [0.5, 0.6) is 11.9 Å². The summed E-state index contributed by atoms with van der Waals surface area (Å²) in [5, 5.41) is 4.95. The highest BCUT2D eigenvalue weighted by Crippen LogP contribution is 2.78. The lowest BCUT2D eigenvalue weighted by Gasteiger charge is -2.34. The number of hydrogen-bond donors (Lipinski definition) is 2. The summed E-state index contributed by atoms with van der Waals surface area (Å²) in [6.45, 7) is 1.06. The number of hydrogen-bond acceptors (Lipinski definition) is 10. The van der Waals surface area contributed by atoms with Crippen LogP contribution < -0.4 is 20.5 Å². The van der Waals surface area contributed by atoms with Gasteiger partial charge in [0, 0.05) is 46.8 Å². The van der Waals surface area contributed by atoms with E-state index in [-0.39, 0.29) is 53.7 Å². The van der Waals surface area contributed by atoms with E-state index in [1.807, 2.05) is 0 Å². The third-order valence-corrected chi connectivity index (χ3v) is 13.0. The summed E-state index contributed by atoms with van der Waals surface area (Å²) in [6.07, 6.45) is 8.84. The van der Waals surface area contributed by atoms with E-state index >= 15 is 8.78 Å². The number of nitrogens with two attached hydrogens (primary N) is 1. The molecule has 1 spiro atoms. The van der Waals surface area contributed by atoms with Crippen molar-refractivity contribution in [1.82, 2.24) is 35.1 Å². The minimum Gasteiger partial charge on any atom is -0.476 e. The normalized spacial score (nSPS) is 27.4. The van der Waals surface area contributed by atoms with Crippen LogP contribution in [0.1, 0.15) is 62.0 Å². The van der Waals surface area contributed by atoms with Gasteiger partial charge in [-0.05, 0) is 75.3 Å². The number of benzene rings is 2. The van der Waals surface area contributed by atoms with Crippen LogP contribution in [-0.2, 0) is 12.6 Å². The van der Waals surface area contributed by atoms with Crippen LogP contribution in [0.4, 0.5) is 27.8 Å². The Hall–Kier alpha value is -5.20. The summed E-state index contributed by atoms with van der Waals surface area (Å²) in [6, 6.07) is 10.5. The molecule has 2 aromatic carbocycles. The van der Waals surface area contributed by atoms with E-state index in [1.54, 1.807) is 24.3 Å². The number of nitrogens with one attached hydrogen (secondary N) is 1. The Balaban J connectivity index is 0.946. The van der Waals surface area contributed by atoms with Gasteiger partial charge in [-0.1, -0.05) is 30.2 Å². The Morgan fingerprint density at radius 2 is 1.91 bits per heavy atom. The van der Waals surface area contributed by atoms with Crippen LogP contribution in [0.2, 0.25) is 0 Å². The highest BCUT2D eigenvalue weighted by molar-refractivity contribution is 6.02. The molecule has 10 rings (SSSR count). The number of rotatable bonds is 11. The molecule has 10 nitrogen and oxygen atoms in total. The minimum absolute atomic E-state index is 0.0107. The number of nitrogens with zero attached hydrogens (tertiary/aromatic N) is 6. The van der Waals surface area contributed by atoms with Gasteiger partial charge in [0.15, 0.2) is 5.82 Å². The smallest absolute Gasteiger partial charge is 0.451 e. The van der Waals surface area contributed by atoms with Gasteiger partial charge in [-0.25, -0.2) is 18.7 Å². The molecule has 15 heteroatoms. The summed E-state index contributed by atoms with van der Waals surface area (Å²) in [5.41, 5.74) is 7.55. The van der Waals surface area contributed by atoms with Crippen molar-refractivity contribution < 1.29 is 31.4 Å². The molecule has 5 fully saturated rings. The molecule has 0 bridgehead atoms. The molecular formula is C41H37F5N8O2. The zero-order valence-corrected chi connectivity index (χ0v) is 30.2. The molecule has 3 aliphatic heterocycles. The Bertz CT molecular complexity index is 2470. The third kappa shape index (κ3) is 5.47. The zero-order chi connectivity index (χ0) is 38.6. The van der Waals surface area contributed by atoms with Crippen LogP contribution in [0.25, 0.3) is 32.9 Å². The topological polar surface area (TPSA) is 124 Å². The van der Waals surface area contributed by atoms with Gasteiger partial charge in [0.25, 0.3) is 0 Å². The largest absolute Gasteiger partial charge is 0.476 e. The van der Waals surface area contributed by atoms with Crippen LogP contribution in [0.15, 0.2) is 42.6 Å². The Labute approximate surface area is 318 Å². The number of aryl methyl sites for hydroxylation is 1. The highest BCUT2D eigenvalue weighted by atomic mass is 19.4. The first kappa shape index (κ1) is 35.2. The first-order valence-corrected chi connectivity index (χ1v) is 19.0. The number of nitrogen functional groups attached to an aromatic ring is 1. The molecular weight excluding hydrogens is 731 g/mol. The lowest BCUT2D eigenvalue weighted by Crippen LogP contribution is -2.48. The Morgan fingerprint density at radius 3 is 2.68 bits per heavy atom. The lowest BCUT2D eigenvalue weighted by molar-refractivity contribution is -0.145. The van der Waals surface area contributed by atoms with E-state index < -0.39 is 29.2 Å². The fourth-order valence-corrected chi connectivity index (χ4v) is 10.2. The van der Waals surface area contributed by atoms with E-state index in [4.69, 9.17) is 26.6 Å². The molecule has 3 N–H and O–H groups in total. The van der Waals surface area contributed by atoms with Crippen LogP contribution in [0.3, 0.4) is 0 Å². The molecule has 288 valence electrons. The predicted molar refractivity (Wildman–Crippen MR) is 196 cm³/mol. The van der Waals surface area contributed by atoms with Crippen molar-refractivity contribution in [2.75, 3.05) is 25.5 Å². The third-order valence-electron chi connectivity index (χ3n) is 13.0. The Morgan fingerprint density at radius 1 is 1.04 bits per heavy atom. The molecule has 3 saturated heterocycles. The number of anilines is 1. The van der Waals surface area contributed by atoms with Crippen molar-refractivity contribution >= 4 is 27.5 Å². The van der Waals surface area contributed by atoms with E-state index in [1.165, 1.54) is 18.6 Å². The molecule has 2 saturated carbocycles. The van der Waals surface area contributed by atoms with Crippen molar-refractivity contribution in [1.29, 1.82) is 0 Å². The van der Waals surface area contributed by atoms with Crippen LogP contribution in [-0.4, -0.2) is 73.2 Å². The number of halogens is 5. The average Bonchev–Trinajstić information content (AvgIpc) is 3.67. The van der Waals surface area contributed by atoms with Gasteiger partial charge in [-0.15, -0.1) is 6.42 Å². The molecule has 0 amide bonds. The number of fused-ring (bicyclic) bond motifs is 3. The van der Waals surface area contributed by atoms with Gasteiger partial charge >= 0.3 is 12.2 Å². The number of piperidine rings is 1. The average molecular weight is 769 g/mol. The molecule has 6 heterocycles. The second-order valence-electron chi connectivity index (χ2n) is 15.8. The molecule has 1 unspecified atom stereocenters. The molecule has 2 aliphatic carbocycles. The van der Waals surface area contributed by atoms with Crippen molar-refractivity contribution in [2.24, 2.45) is 11.3 Å². The van der Waals surface area contributed by atoms with Gasteiger partial charge in [0.05, 0.1) is 22.2 Å². The maximum atomic E-state index is 17.0. The number of ether oxygens (including phenoxy) is 2. The number of alkyl halides is 3. The molecule has 3 aromatic heterocycles. The molecule has 6 atom stereocenters. The summed E-state index contributed by atoms with van der Waals surface area (Å²) in [7, 11) is 0. The second kappa shape index (κ2) is 12.7. The highest BCUT2D eigenvalue weighted by Gasteiger charge is 2.85. The van der Waals surface area contributed by atoms with Crippen molar-refractivity contribution in [3.8, 4) is 35.5 Å². The van der Waals surface area contributed by atoms with Gasteiger partial charge in [-0.3, -0.25) is 4.90 Å². The van der Waals surface area contributed by atoms with Gasteiger partial charge in [-0.2, -0.15) is 28.1 Å². The van der Waals surface area contributed by atoms with Crippen LogP contribution in [0, 0.1) is 35.3 Å². The summed E-state index contributed by atoms with van der Waals surface area (Å²) in [5.74, 6) is 0.387. The SMILES string of the molecule is C#Cc1c(F)ccc2cccc(-c3nc(CCC[C@@H]4[C@H]5N[C@H]6CC645)c4c(N)nc(OC[C@@]56CCCN5[C@H](COc5ccnc(C(F)(F)F)n5)CC6)nc4c3F)c12. The summed E-state index contributed by atoms with van der Waals surface area (Å²) >= 11 is 0. The fourth-order valence-electron chi connectivity index (χ4n) is 10.2. The fraction of sp³-hybridized carbons (Fsp3) is 0.439. The maximum Gasteiger partial charge on any atom is 0.451 e. The van der Waals surface area contributed by atoms with Gasteiger partial charge in [0.2, 0.25) is 11.7 Å². The summed E-state index contributed by atoms with van der Waals surface area (Å²) in [4.78, 5) is 23.1. The van der Waals surface area contributed by atoms with Gasteiger partial charge < -0.3 is 20.5 Å². The lowest BCUT2D eigenvalue weighted by atomic mass is 9.95. The molecule has 56 heavy (non-hydrogen) atoms. The first-order chi connectivity index (χ1) is 27.0. The zero-order valence-electron chi connectivity index (χ0n) is 30.2. The van der Waals surface area contributed by atoms with E-state index in [9.17, 15) is 13.2 Å². The van der Waals surface area contributed by atoms with E-state index in [0.29, 0.717) is 57.3 Å². The Kier molecular flexibility index (Phi) is 7.96. The molecule has 5 aromatic rings. The van der Waals surface area contributed by atoms with E-state index in [0.717, 1.165) is 51.3 Å². The molecule has 5 aliphatic rings. The minimum atomic E-state index is -4.68. The monoisotopic (exact) mass is 768 g/mol. The molecule has 0 radical (unpaired) electrons. The van der Waals surface area contributed by atoms with E-state index in [2.05, 4.69) is 36.1 Å². The van der Waals surface area contributed by atoms with Gasteiger partial charge in [0.1, 0.15) is 36.1 Å². The standard InChI is InChI=1S/C41H37F5N8O2/c1-2-23-26(42)11-10-21-6-3-7-24(30(21)23)33-32(43)34-31(27(49-33)9-4-8-25-35-40(25)18-28(40)50-35)36(47)53-38(52-34)56-20-39-14-5-17-54(39)22(12-15-39)19-55-29-13-16-48-37(51-29)41(44,45)46/h1,3,6-7,10-11,13,16,22,25,28,35,50H,4-5,8-9,12,14-15,17-20H2,(H2,47,52,53)/t22-,25+,28-,35+,39-,40?/m0/s1. The summed E-state index contributed by atoms with van der Waals surface area (Å²) < 4.78 is 83.5. The van der Waals surface area contributed by atoms with Crippen molar-refractivity contribution in [2.45, 2.75) is 81.2 Å². The maximum absolute atomic E-state index is 17.0. The second-order valence-corrected chi connectivity index (χ2v) is 15.8. The quantitative estimate of drug-likeness (QED) is 0.112. The number of aromatic nitrogens is 5. The van der Waals surface area contributed by atoms with Crippen molar-refractivity contribution in [3.63, 3.8) is 0 Å². The van der Waals surface area contributed by atoms with Crippen molar-refractivity contribution in [3.05, 3.63) is 71.3 Å². The van der Waals surface area contributed by atoms with Crippen LogP contribution >= 0.6 is 0 Å². The predicted octanol–water partition coefficient (Wildman–Crippen LogP) is 6.63. The first-order valence-electron chi connectivity index (χ1n) is 19.0. The number of pyridine rings is 1. The number of terminal acetylenes is 1.